The van der Waals surface area contributed by atoms with Crippen LogP contribution in [0.25, 0.3) is 0 Å². The Kier molecular flexibility index (Phi) is 7.70. The van der Waals surface area contributed by atoms with Crippen molar-refractivity contribution in [2.24, 2.45) is 5.92 Å². The summed E-state index contributed by atoms with van der Waals surface area (Å²) < 4.78 is 43.9. The van der Waals surface area contributed by atoms with E-state index in [9.17, 15) is 13.2 Å². The predicted molar refractivity (Wildman–Crippen MR) is 55.1 cm³/mol. The van der Waals surface area contributed by atoms with Gasteiger partial charge in [0.25, 0.3) is 0 Å². The molecule has 0 fully saturated rings. The van der Waals surface area contributed by atoms with Crippen molar-refractivity contribution in [3.05, 3.63) is 0 Å². The molecular weight excluding hydrogens is 223 g/mol. The molecule has 1 N–H and O–H groups in total. The highest BCUT2D eigenvalue weighted by atomic mass is 19.4. The minimum Gasteiger partial charge on any atom is -0.380 e. The van der Waals surface area contributed by atoms with E-state index in [2.05, 4.69) is 10.1 Å². The van der Waals surface area contributed by atoms with Crippen LogP contribution in [0.3, 0.4) is 0 Å². The Balaban J connectivity index is 3.68. The van der Waals surface area contributed by atoms with Gasteiger partial charge in [-0.05, 0) is 12.8 Å². The first-order valence-corrected chi connectivity index (χ1v) is 5.38. The molecule has 16 heavy (non-hydrogen) atoms. The smallest absolute Gasteiger partial charge is 0.380 e. The van der Waals surface area contributed by atoms with Gasteiger partial charge in [0.2, 0.25) is 0 Å². The van der Waals surface area contributed by atoms with Gasteiger partial charge >= 0.3 is 6.36 Å². The van der Waals surface area contributed by atoms with Gasteiger partial charge in [0.1, 0.15) is 0 Å². The first-order valence-electron chi connectivity index (χ1n) is 5.38. The van der Waals surface area contributed by atoms with E-state index >= 15 is 0 Å². The Morgan fingerprint density at radius 2 is 1.88 bits per heavy atom. The molecule has 0 aliphatic rings. The summed E-state index contributed by atoms with van der Waals surface area (Å²) in [6, 6.07) is 0.0526. The number of nitrogens with one attached hydrogen (secondary N) is 1. The van der Waals surface area contributed by atoms with E-state index in [0.29, 0.717) is 19.1 Å². The van der Waals surface area contributed by atoms with Crippen molar-refractivity contribution in [3.8, 4) is 0 Å². The topological polar surface area (TPSA) is 30.5 Å². The molecule has 0 saturated heterocycles. The maximum atomic E-state index is 11.7. The normalized spacial score (nSPS) is 14.4. The summed E-state index contributed by atoms with van der Waals surface area (Å²) in [4.78, 5) is 0. The molecule has 0 aliphatic carbocycles. The summed E-state index contributed by atoms with van der Waals surface area (Å²) in [6.45, 7) is 6.74. The van der Waals surface area contributed by atoms with E-state index in [4.69, 9.17) is 4.74 Å². The molecule has 0 amide bonds. The van der Waals surface area contributed by atoms with Gasteiger partial charge in [-0.3, -0.25) is 4.74 Å². The first-order chi connectivity index (χ1) is 7.37. The van der Waals surface area contributed by atoms with Crippen LogP contribution in [0.4, 0.5) is 13.2 Å². The van der Waals surface area contributed by atoms with Crippen LogP contribution in [0.2, 0.25) is 0 Å². The Bertz CT molecular complexity index is 174. The first kappa shape index (κ1) is 15.7. The Labute approximate surface area is 94.3 Å². The summed E-state index contributed by atoms with van der Waals surface area (Å²) >= 11 is 0. The number of halogens is 3. The molecule has 6 heteroatoms. The van der Waals surface area contributed by atoms with Gasteiger partial charge in [0.05, 0.1) is 13.2 Å². The second kappa shape index (κ2) is 7.86. The number of ether oxygens (including phenoxy) is 2. The summed E-state index contributed by atoms with van der Waals surface area (Å²) in [7, 11) is 0. The highest BCUT2D eigenvalue weighted by Crippen LogP contribution is 2.15. The Hall–Kier alpha value is -0.330. The largest absolute Gasteiger partial charge is 0.522 e. The quantitative estimate of drug-likeness (QED) is 0.663. The van der Waals surface area contributed by atoms with Gasteiger partial charge in [-0.1, -0.05) is 13.8 Å². The molecule has 0 spiro atoms. The van der Waals surface area contributed by atoms with Crippen LogP contribution in [-0.2, 0) is 9.47 Å². The summed E-state index contributed by atoms with van der Waals surface area (Å²) in [5.41, 5.74) is 0. The molecule has 0 aromatic heterocycles. The molecule has 3 nitrogen and oxygen atoms in total. The third-order valence-electron chi connectivity index (χ3n) is 2.08. The van der Waals surface area contributed by atoms with E-state index in [1.165, 1.54) is 0 Å². The van der Waals surface area contributed by atoms with Gasteiger partial charge in [-0.25, -0.2) is 0 Å². The molecule has 0 saturated carbocycles. The van der Waals surface area contributed by atoms with E-state index < -0.39 is 6.36 Å². The fourth-order valence-electron chi connectivity index (χ4n) is 1.14. The van der Waals surface area contributed by atoms with Gasteiger partial charge in [-0.2, -0.15) is 0 Å². The van der Waals surface area contributed by atoms with Gasteiger partial charge in [0.15, 0.2) is 0 Å². The SMILES string of the molecule is CCOCC(NCCOC(F)(F)F)C(C)C. The standard InChI is InChI=1S/C10H20F3NO2/c1-4-15-7-9(8(2)3)14-5-6-16-10(11,12)13/h8-9,14H,4-7H2,1-3H3. The number of hydrogen-bond acceptors (Lipinski definition) is 3. The third-order valence-corrected chi connectivity index (χ3v) is 2.08. The minimum absolute atomic E-state index is 0.0526. The number of rotatable bonds is 8. The maximum Gasteiger partial charge on any atom is 0.522 e. The number of alkyl halides is 3. The van der Waals surface area contributed by atoms with Crippen LogP contribution >= 0.6 is 0 Å². The van der Waals surface area contributed by atoms with Crippen molar-refractivity contribution in [1.29, 1.82) is 0 Å². The van der Waals surface area contributed by atoms with Crippen LogP contribution in [0.5, 0.6) is 0 Å². The van der Waals surface area contributed by atoms with Crippen molar-refractivity contribution < 1.29 is 22.6 Å². The second-order valence-electron chi connectivity index (χ2n) is 3.76. The molecular formula is C10H20F3NO2. The third kappa shape index (κ3) is 8.94. The van der Waals surface area contributed by atoms with Crippen molar-refractivity contribution in [2.75, 3.05) is 26.4 Å². The van der Waals surface area contributed by atoms with Crippen molar-refractivity contribution in [2.45, 2.75) is 33.2 Å². The lowest BCUT2D eigenvalue weighted by Crippen LogP contribution is -2.40. The van der Waals surface area contributed by atoms with Gasteiger partial charge in [0, 0.05) is 19.2 Å². The lowest BCUT2D eigenvalue weighted by Gasteiger charge is -2.22. The van der Waals surface area contributed by atoms with E-state index in [0.717, 1.165) is 0 Å². The summed E-state index contributed by atoms with van der Waals surface area (Å²) in [6.07, 6.45) is -4.55. The Morgan fingerprint density at radius 3 is 2.31 bits per heavy atom. The van der Waals surface area contributed by atoms with Crippen LogP contribution in [0.1, 0.15) is 20.8 Å². The molecule has 1 unspecified atom stereocenters. The van der Waals surface area contributed by atoms with Crippen LogP contribution in [0.15, 0.2) is 0 Å². The second-order valence-corrected chi connectivity index (χ2v) is 3.76. The summed E-state index contributed by atoms with van der Waals surface area (Å²) in [5, 5.41) is 2.98. The zero-order valence-corrected chi connectivity index (χ0v) is 9.93. The maximum absolute atomic E-state index is 11.7. The highest BCUT2D eigenvalue weighted by molar-refractivity contribution is 4.69. The lowest BCUT2D eigenvalue weighted by atomic mass is 10.1. The molecule has 0 aromatic rings. The van der Waals surface area contributed by atoms with Crippen molar-refractivity contribution in [1.82, 2.24) is 5.32 Å². The fourth-order valence-corrected chi connectivity index (χ4v) is 1.14. The average Bonchev–Trinajstić information content (AvgIpc) is 2.14. The monoisotopic (exact) mass is 243 g/mol. The zero-order chi connectivity index (χ0) is 12.6. The minimum atomic E-state index is -4.55. The Morgan fingerprint density at radius 1 is 1.25 bits per heavy atom. The fraction of sp³-hybridized carbons (Fsp3) is 1.00. The molecule has 0 aromatic carbocycles. The molecule has 1 atom stereocenters. The summed E-state index contributed by atoms with van der Waals surface area (Å²) in [5.74, 6) is 0.303. The molecule has 0 bridgehead atoms. The van der Waals surface area contributed by atoms with Gasteiger partial charge < -0.3 is 10.1 Å². The zero-order valence-electron chi connectivity index (χ0n) is 9.93. The van der Waals surface area contributed by atoms with E-state index in [1.54, 1.807) is 0 Å². The van der Waals surface area contributed by atoms with Crippen LogP contribution < -0.4 is 5.32 Å². The highest BCUT2D eigenvalue weighted by Gasteiger charge is 2.28. The van der Waals surface area contributed by atoms with E-state index in [-0.39, 0.29) is 19.2 Å². The molecule has 98 valence electrons. The average molecular weight is 243 g/mol. The van der Waals surface area contributed by atoms with Crippen molar-refractivity contribution >= 4 is 0 Å². The molecule has 0 aliphatic heterocycles. The predicted octanol–water partition coefficient (Wildman–Crippen LogP) is 2.17. The van der Waals surface area contributed by atoms with Crippen LogP contribution in [0, 0.1) is 5.92 Å². The molecule has 0 rings (SSSR count). The van der Waals surface area contributed by atoms with Crippen LogP contribution in [-0.4, -0.2) is 38.8 Å². The number of hydrogen-bond donors (Lipinski definition) is 1. The lowest BCUT2D eigenvalue weighted by molar-refractivity contribution is -0.323. The van der Waals surface area contributed by atoms with E-state index in [1.807, 2.05) is 20.8 Å². The molecule has 0 radical (unpaired) electrons. The molecule has 0 heterocycles. The van der Waals surface area contributed by atoms with Crippen molar-refractivity contribution in [3.63, 3.8) is 0 Å². The van der Waals surface area contributed by atoms with Gasteiger partial charge in [-0.15, -0.1) is 13.2 Å².